The number of carbonyl (C=O) groups is 1. The van der Waals surface area contributed by atoms with Gasteiger partial charge in [0.15, 0.2) is 0 Å². The smallest absolute Gasteiger partial charge is 0.301 e. The van der Waals surface area contributed by atoms with Crippen LogP contribution in [0.5, 0.6) is 0 Å². The Morgan fingerprint density at radius 3 is 3.00 bits per heavy atom. The molecule has 0 radical (unpaired) electrons. The molecule has 2 rings (SSSR count). The maximum absolute atomic E-state index is 11.7. The molecule has 1 N–H and O–H groups in total. The van der Waals surface area contributed by atoms with Gasteiger partial charge in [-0.1, -0.05) is 11.6 Å². The van der Waals surface area contributed by atoms with E-state index in [-0.39, 0.29) is 17.1 Å². The van der Waals surface area contributed by atoms with E-state index in [4.69, 9.17) is 16.0 Å². The molecule has 0 atom stereocenters. The first-order valence-electron chi connectivity index (χ1n) is 4.50. The molecule has 0 saturated carbocycles. The molecule has 0 fully saturated rings. The number of amides is 1. The maximum Gasteiger partial charge on any atom is 0.301 e. The fourth-order valence-corrected chi connectivity index (χ4v) is 1.30. The summed E-state index contributed by atoms with van der Waals surface area (Å²) >= 11 is 5.67. The standard InChI is InChI=1S/C10H8ClN3O2/c1-6-5-16-10(13-6)14-9(15)7-2-3-12-8(11)4-7/h2-5H,1H3,(H,13,14,15). The largest absolute Gasteiger partial charge is 0.432 e. The summed E-state index contributed by atoms with van der Waals surface area (Å²) in [6, 6.07) is 3.18. The summed E-state index contributed by atoms with van der Waals surface area (Å²) < 4.78 is 4.99. The molecule has 0 saturated heterocycles. The zero-order valence-electron chi connectivity index (χ0n) is 8.40. The Labute approximate surface area is 96.5 Å². The van der Waals surface area contributed by atoms with Crippen LogP contribution >= 0.6 is 11.6 Å². The number of rotatable bonds is 2. The second-order valence-electron chi connectivity index (χ2n) is 3.12. The lowest BCUT2D eigenvalue weighted by molar-refractivity contribution is 0.102. The zero-order valence-corrected chi connectivity index (χ0v) is 9.15. The first-order valence-corrected chi connectivity index (χ1v) is 4.88. The summed E-state index contributed by atoms with van der Waals surface area (Å²) in [6.07, 6.45) is 2.91. The lowest BCUT2D eigenvalue weighted by Crippen LogP contribution is -2.12. The van der Waals surface area contributed by atoms with Gasteiger partial charge in [-0.05, 0) is 19.1 Å². The van der Waals surface area contributed by atoms with Crippen molar-refractivity contribution in [3.63, 3.8) is 0 Å². The Hall–Kier alpha value is -1.88. The number of hydrogen-bond acceptors (Lipinski definition) is 4. The van der Waals surface area contributed by atoms with E-state index in [1.807, 2.05) is 0 Å². The van der Waals surface area contributed by atoms with Gasteiger partial charge < -0.3 is 4.42 Å². The monoisotopic (exact) mass is 237 g/mol. The quantitative estimate of drug-likeness (QED) is 0.814. The molecule has 1 amide bonds. The molecule has 16 heavy (non-hydrogen) atoms. The lowest BCUT2D eigenvalue weighted by Gasteiger charge is -2.00. The number of carbonyl (C=O) groups excluding carboxylic acids is 1. The zero-order chi connectivity index (χ0) is 11.5. The van der Waals surface area contributed by atoms with Crippen LogP contribution in [0.25, 0.3) is 0 Å². The molecule has 82 valence electrons. The number of anilines is 1. The molecule has 5 nitrogen and oxygen atoms in total. The molecule has 6 heteroatoms. The fourth-order valence-electron chi connectivity index (χ4n) is 1.12. The summed E-state index contributed by atoms with van der Waals surface area (Å²) in [5.41, 5.74) is 1.10. The van der Waals surface area contributed by atoms with Crippen molar-refractivity contribution >= 4 is 23.5 Å². The minimum absolute atomic E-state index is 0.162. The Morgan fingerprint density at radius 2 is 2.38 bits per heavy atom. The van der Waals surface area contributed by atoms with Gasteiger partial charge in [0.2, 0.25) is 0 Å². The van der Waals surface area contributed by atoms with E-state index in [0.717, 1.165) is 0 Å². The van der Waals surface area contributed by atoms with Crippen LogP contribution in [0.4, 0.5) is 6.01 Å². The highest BCUT2D eigenvalue weighted by atomic mass is 35.5. The van der Waals surface area contributed by atoms with Crippen molar-refractivity contribution in [2.75, 3.05) is 5.32 Å². The third-order valence-corrected chi connectivity index (χ3v) is 2.03. The van der Waals surface area contributed by atoms with Crippen LogP contribution in [0.3, 0.4) is 0 Å². The van der Waals surface area contributed by atoms with Gasteiger partial charge in [0.1, 0.15) is 11.4 Å². The summed E-state index contributed by atoms with van der Waals surface area (Å²) in [5, 5.41) is 2.76. The topological polar surface area (TPSA) is 68.0 Å². The number of halogens is 1. The van der Waals surface area contributed by atoms with E-state index < -0.39 is 0 Å². The first kappa shape index (κ1) is 10.6. The van der Waals surface area contributed by atoms with Gasteiger partial charge in [-0.15, -0.1) is 0 Å². The molecule has 0 aliphatic heterocycles. The first-order chi connectivity index (χ1) is 7.65. The van der Waals surface area contributed by atoms with E-state index >= 15 is 0 Å². The number of aryl methyl sites for hydroxylation is 1. The summed E-state index contributed by atoms with van der Waals surface area (Å²) in [6.45, 7) is 1.77. The average molecular weight is 238 g/mol. The fraction of sp³-hybridized carbons (Fsp3) is 0.100. The van der Waals surface area contributed by atoms with Crippen molar-refractivity contribution in [1.29, 1.82) is 0 Å². The van der Waals surface area contributed by atoms with Gasteiger partial charge in [-0.3, -0.25) is 10.1 Å². The van der Waals surface area contributed by atoms with Crippen molar-refractivity contribution in [3.8, 4) is 0 Å². The number of nitrogens with zero attached hydrogens (tertiary/aromatic N) is 2. The molecular formula is C10H8ClN3O2. The van der Waals surface area contributed by atoms with E-state index in [1.54, 1.807) is 13.0 Å². The van der Waals surface area contributed by atoms with Crippen molar-refractivity contribution in [1.82, 2.24) is 9.97 Å². The number of oxazole rings is 1. The molecule has 0 aliphatic carbocycles. The highest BCUT2D eigenvalue weighted by Crippen LogP contribution is 2.11. The molecule has 2 aromatic heterocycles. The molecule has 0 aromatic carbocycles. The van der Waals surface area contributed by atoms with Gasteiger partial charge in [0, 0.05) is 11.8 Å². The Kier molecular flexibility index (Phi) is 2.87. The summed E-state index contributed by atoms with van der Waals surface area (Å²) in [4.78, 5) is 19.4. The van der Waals surface area contributed by atoms with E-state index in [2.05, 4.69) is 15.3 Å². The summed E-state index contributed by atoms with van der Waals surface area (Å²) in [7, 11) is 0. The highest BCUT2D eigenvalue weighted by Gasteiger charge is 2.09. The molecule has 0 unspecified atom stereocenters. The van der Waals surface area contributed by atoms with Crippen molar-refractivity contribution in [3.05, 3.63) is 41.0 Å². The number of aromatic nitrogens is 2. The molecule has 0 bridgehead atoms. The van der Waals surface area contributed by atoms with E-state index in [0.29, 0.717) is 11.3 Å². The van der Waals surface area contributed by atoms with E-state index in [9.17, 15) is 4.79 Å². The van der Waals surface area contributed by atoms with Crippen LogP contribution < -0.4 is 5.32 Å². The number of nitrogens with one attached hydrogen (secondary N) is 1. The number of pyridine rings is 1. The number of hydrogen-bond donors (Lipinski definition) is 1. The maximum atomic E-state index is 11.7. The minimum Gasteiger partial charge on any atom is -0.432 e. The SMILES string of the molecule is Cc1coc(NC(=O)c2ccnc(Cl)c2)n1. The lowest BCUT2D eigenvalue weighted by atomic mass is 10.2. The average Bonchev–Trinajstić information content (AvgIpc) is 2.64. The normalized spacial score (nSPS) is 10.1. The van der Waals surface area contributed by atoms with E-state index in [1.165, 1.54) is 18.5 Å². The predicted molar refractivity (Wildman–Crippen MR) is 58.4 cm³/mol. The Morgan fingerprint density at radius 1 is 1.56 bits per heavy atom. The molecule has 2 aromatic rings. The molecule has 2 heterocycles. The second kappa shape index (κ2) is 4.32. The summed E-state index contributed by atoms with van der Waals surface area (Å²) in [5.74, 6) is -0.342. The molecular weight excluding hydrogens is 230 g/mol. The second-order valence-corrected chi connectivity index (χ2v) is 3.50. The molecule has 0 spiro atoms. The Balaban J connectivity index is 2.14. The van der Waals surface area contributed by atoms with Crippen molar-refractivity contribution < 1.29 is 9.21 Å². The third kappa shape index (κ3) is 2.38. The van der Waals surface area contributed by atoms with Gasteiger partial charge in [0.05, 0.1) is 5.69 Å². The molecule has 0 aliphatic rings. The van der Waals surface area contributed by atoms with Crippen LogP contribution in [0, 0.1) is 6.92 Å². The third-order valence-electron chi connectivity index (χ3n) is 1.83. The highest BCUT2D eigenvalue weighted by molar-refractivity contribution is 6.29. The van der Waals surface area contributed by atoms with Gasteiger partial charge >= 0.3 is 6.01 Å². The van der Waals surface area contributed by atoms with Gasteiger partial charge in [0.25, 0.3) is 5.91 Å². The predicted octanol–water partition coefficient (Wildman–Crippen LogP) is 2.28. The van der Waals surface area contributed by atoms with Gasteiger partial charge in [-0.2, -0.15) is 4.98 Å². The van der Waals surface area contributed by atoms with Crippen molar-refractivity contribution in [2.45, 2.75) is 6.92 Å². The van der Waals surface area contributed by atoms with Crippen LogP contribution in [0.1, 0.15) is 16.1 Å². The van der Waals surface area contributed by atoms with Crippen LogP contribution in [0.15, 0.2) is 29.0 Å². The van der Waals surface area contributed by atoms with Gasteiger partial charge in [-0.25, -0.2) is 4.98 Å². The minimum atomic E-state index is -0.342. The van der Waals surface area contributed by atoms with Crippen LogP contribution in [0.2, 0.25) is 5.15 Å². The van der Waals surface area contributed by atoms with Crippen LogP contribution in [-0.2, 0) is 0 Å². The Bertz CT molecular complexity index is 524. The van der Waals surface area contributed by atoms with Crippen molar-refractivity contribution in [2.24, 2.45) is 0 Å². The van der Waals surface area contributed by atoms with Crippen LogP contribution in [-0.4, -0.2) is 15.9 Å².